The first kappa shape index (κ1) is 34.7. The fourth-order valence-electron chi connectivity index (χ4n) is 7.44. The monoisotopic (exact) mass is 637 g/mol. The van der Waals surface area contributed by atoms with Gasteiger partial charge in [0.1, 0.15) is 11.6 Å². The quantitative estimate of drug-likeness (QED) is 0.197. The van der Waals surface area contributed by atoms with Crippen molar-refractivity contribution >= 4 is 28.0 Å². The number of carboxylic acids is 1. The van der Waals surface area contributed by atoms with Crippen LogP contribution in [0, 0.1) is 23.2 Å². The summed E-state index contributed by atoms with van der Waals surface area (Å²) >= 11 is 0. The molecule has 0 spiro atoms. The summed E-state index contributed by atoms with van der Waals surface area (Å²) in [5, 5.41) is 18.4. The van der Waals surface area contributed by atoms with Crippen molar-refractivity contribution in [2.75, 3.05) is 0 Å². The minimum absolute atomic E-state index is 0.0168. The maximum atomic E-state index is 11.3. The van der Waals surface area contributed by atoms with Gasteiger partial charge in [0.2, 0.25) is 0 Å². The fourth-order valence-corrected chi connectivity index (χ4v) is 7.44. The SMILES string of the molecule is CCC(C)(C)c1nc2cc(C#N)ccc2n1CC1CCCCC1.CCC(C)(C)c1nc2cc(C(=O)O)ccc2n1CC1CCCCC1. The number of carboxylic acid groups (broad SMARTS) is 1. The zero-order chi connectivity index (χ0) is 33.8. The average Bonchev–Trinajstić information content (AvgIpc) is 3.64. The third kappa shape index (κ3) is 7.74. The molecule has 7 nitrogen and oxygen atoms in total. The Balaban J connectivity index is 0.000000185. The minimum atomic E-state index is -0.893. The molecule has 0 bridgehead atoms. The van der Waals surface area contributed by atoms with Crippen molar-refractivity contribution in [1.29, 1.82) is 5.26 Å². The Morgan fingerprint density at radius 2 is 1.21 bits per heavy atom. The van der Waals surface area contributed by atoms with Gasteiger partial charge in [-0.25, -0.2) is 14.8 Å². The first-order valence-corrected chi connectivity index (χ1v) is 18.1. The first-order chi connectivity index (χ1) is 22.5. The Labute approximate surface area is 281 Å². The molecule has 2 saturated carbocycles. The molecule has 1 N–H and O–H groups in total. The highest BCUT2D eigenvalue weighted by Crippen LogP contribution is 2.35. The molecular formula is C40H55N5O2. The molecule has 47 heavy (non-hydrogen) atoms. The Hall–Kier alpha value is -3.66. The van der Waals surface area contributed by atoms with Crippen LogP contribution in [0.3, 0.4) is 0 Å². The van der Waals surface area contributed by atoms with Gasteiger partial charge >= 0.3 is 5.97 Å². The molecule has 2 aromatic carbocycles. The van der Waals surface area contributed by atoms with E-state index in [9.17, 15) is 9.90 Å². The van der Waals surface area contributed by atoms with E-state index in [2.05, 4.69) is 62.8 Å². The Morgan fingerprint density at radius 3 is 1.64 bits per heavy atom. The largest absolute Gasteiger partial charge is 0.478 e. The molecule has 2 aliphatic carbocycles. The van der Waals surface area contributed by atoms with E-state index in [1.165, 1.54) is 75.5 Å². The van der Waals surface area contributed by atoms with E-state index in [4.69, 9.17) is 15.2 Å². The highest BCUT2D eigenvalue weighted by Gasteiger charge is 2.29. The second kappa shape index (κ2) is 14.6. The molecule has 0 atom stereocenters. The predicted octanol–water partition coefficient (Wildman–Crippen LogP) is 10.2. The number of nitriles is 1. The molecule has 0 aliphatic heterocycles. The average molecular weight is 638 g/mol. The summed E-state index contributed by atoms with van der Waals surface area (Å²) in [5.41, 5.74) is 5.08. The van der Waals surface area contributed by atoms with Crippen molar-refractivity contribution in [3.8, 4) is 6.07 Å². The molecule has 7 heteroatoms. The van der Waals surface area contributed by atoms with Crippen LogP contribution in [-0.4, -0.2) is 30.2 Å². The fraction of sp³-hybridized carbons (Fsp3) is 0.600. The van der Waals surface area contributed by atoms with Gasteiger partial charge in [0.05, 0.1) is 39.3 Å². The maximum absolute atomic E-state index is 11.3. The molecule has 0 radical (unpaired) electrons. The van der Waals surface area contributed by atoms with Crippen LogP contribution in [0.25, 0.3) is 22.1 Å². The van der Waals surface area contributed by atoms with Gasteiger partial charge in [0.15, 0.2) is 0 Å². The Morgan fingerprint density at radius 1 is 0.766 bits per heavy atom. The summed E-state index contributed by atoms with van der Waals surface area (Å²) in [6.07, 6.45) is 15.4. The molecule has 0 amide bonds. The lowest BCUT2D eigenvalue weighted by atomic mass is 9.87. The third-order valence-corrected chi connectivity index (χ3v) is 11.2. The van der Waals surface area contributed by atoms with Crippen LogP contribution < -0.4 is 0 Å². The second-order valence-corrected chi connectivity index (χ2v) is 15.4. The molecule has 252 valence electrons. The van der Waals surface area contributed by atoms with Gasteiger partial charge in [-0.15, -0.1) is 0 Å². The highest BCUT2D eigenvalue weighted by molar-refractivity contribution is 5.92. The van der Waals surface area contributed by atoms with Crippen molar-refractivity contribution in [2.45, 2.75) is 143 Å². The number of aromatic carboxylic acids is 1. The molecule has 4 aromatic rings. The first-order valence-electron chi connectivity index (χ1n) is 18.1. The van der Waals surface area contributed by atoms with Crippen molar-refractivity contribution in [1.82, 2.24) is 19.1 Å². The zero-order valence-corrected chi connectivity index (χ0v) is 29.6. The minimum Gasteiger partial charge on any atom is -0.478 e. The lowest BCUT2D eigenvalue weighted by Crippen LogP contribution is -2.24. The summed E-state index contributed by atoms with van der Waals surface area (Å²) in [4.78, 5) is 21.1. The standard InChI is InChI=1S/C20H27N3.C20H28N2O2/c1-4-20(2,3)19-22-17-12-16(13-21)10-11-18(17)23(19)14-15-8-6-5-7-9-15;1-4-20(2,3)19-21-16-12-15(18(23)24)10-11-17(16)22(19)13-14-8-6-5-7-9-14/h10-12,15H,4-9,14H2,1-3H3;10-12,14H,4-9,13H2,1-3H3,(H,23,24). The summed E-state index contributed by atoms with van der Waals surface area (Å²) in [5.74, 6) is 2.85. The smallest absolute Gasteiger partial charge is 0.335 e. The van der Waals surface area contributed by atoms with Gasteiger partial charge in [-0.2, -0.15) is 5.26 Å². The van der Waals surface area contributed by atoms with E-state index >= 15 is 0 Å². The third-order valence-electron chi connectivity index (χ3n) is 11.2. The summed E-state index contributed by atoms with van der Waals surface area (Å²) < 4.78 is 4.80. The van der Waals surface area contributed by atoms with Crippen LogP contribution >= 0.6 is 0 Å². The van der Waals surface area contributed by atoms with Gasteiger partial charge in [-0.05, 0) is 86.8 Å². The molecular weight excluding hydrogens is 582 g/mol. The number of hydrogen-bond donors (Lipinski definition) is 1. The second-order valence-electron chi connectivity index (χ2n) is 15.4. The van der Waals surface area contributed by atoms with E-state index in [1.54, 1.807) is 12.1 Å². The molecule has 2 heterocycles. The lowest BCUT2D eigenvalue weighted by Gasteiger charge is -2.27. The number of benzene rings is 2. The van der Waals surface area contributed by atoms with Crippen molar-refractivity contribution < 1.29 is 9.90 Å². The molecule has 6 rings (SSSR count). The lowest BCUT2D eigenvalue weighted by molar-refractivity contribution is 0.0697. The number of imidazole rings is 2. The molecule has 2 aromatic heterocycles. The van der Waals surface area contributed by atoms with Crippen molar-refractivity contribution in [2.24, 2.45) is 11.8 Å². The number of rotatable bonds is 9. The van der Waals surface area contributed by atoms with E-state index in [0.717, 1.165) is 54.2 Å². The number of carbonyl (C=O) groups is 1. The Bertz CT molecular complexity index is 1720. The van der Waals surface area contributed by atoms with E-state index in [0.29, 0.717) is 17.0 Å². The van der Waals surface area contributed by atoms with Crippen molar-refractivity contribution in [3.05, 3.63) is 59.2 Å². The van der Waals surface area contributed by atoms with Crippen LogP contribution in [0.15, 0.2) is 36.4 Å². The van der Waals surface area contributed by atoms with Gasteiger partial charge in [0.25, 0.3) is 0 Å². The van der Waals surface area contributed by atoms with E-state index < -0.39 is 5.97 Å². The Kier molecular flexibility index (Phi) is 10.8. The topological polar surface area (TPSA) is 96.7 Å². The molecule has 2 fully saturated rings. The summed E-state index contributed by atoms with van der Waals surface area (Å²) in [6, 6.07) is 13.5. The van der Waals surface area contributed by atoms with Crippen LogP contribution in [0.2, 0.25) is 0 Å². The van der Waals surface area contributed by atoms with Gasteiger partial charge in [0, 0.05) is 23.9 Å². The highest BCUT2D eigenvalue weighted by atomic mass is 16.4. The number of aromatic nitrogens is 4. The van der Waals surface area contributed by atoms with Gasteiger partial charge < -0.3 is 14.2 Å². The number of hydrogen-bond acceptors (Lipinski definition) is 4. The predicted molar refractivity (Wildman–Crippen MR) is 191 cm³/mol. The number of nitrogens with zero attached hydrogens (tertiary/aromatic N) is 5. The molecule has 2 aliphatic rings. The van der Waals surface area contributed by atoms with E-state index in [-0.39, 0.29) is 10.8 Å². The molecule has 0 saturated heterocycles. The van der Waals surface area contributed by atoms with Crippen LogP contribution in [0.4, 0.5) is 0 Å². The van der Waals surface area contributed by atoms with Crippen molar-refractivity contribution in [3.63, 3.8) is 0 Å². The van der Waals surface area contributed by atoms with Crippen LogP contribution in [0.1, 0.15) is 146 Å². The van der Waals surface area contributed by atoms with Gasteiger partial charge in [-0.3, -0.25) is 0 Å². The maximum Gasteiger partial charge on any atom is 0.335 e. The number of fused-ring (bicyclic) bond motifs is 2. The van der Waals surface area contributed by atoms with E-state index in [1.807, 2.05) is 18.2 Å². The summed E-state index contributed by atoms with van der Waals surface area (Å²) in [6.45, 7) is 15.5. The normalized spacial score (nSPS) is 16.6. The zero-order valence-electron chi connectivity index (χ0n) is 29.6. The van der Waals surface area contributed by atoms with Gasteiger partial charge in [-0.1, -0.05) is 80.1 Å². The molecule has 0 unspecified atom stereocenters. The summed E-state index contributed by atoms with van der Waals surface area (Å²) in [7, 11) is 0. The van der Waals surface area contributed by atoms with Crippen LogP contribution in [0.5, 0.6) is 0 Å². The van der Waals surface area contributed by atoms with Crippen LogP contribution in [-0.2, 0) is 23.9 Å².